The van der Waals surface area contributed by atoms with Crippen LogP contribution in [0.15, 0.2) is 30.5 Å². The Balaban J connectivity index is 1.44. The number of fused-ring (bicyclic) bond motifs is 2. The van der Waals surface area contributed by atoms with E-state index in [1.165, 1.54) is 6.07 Å². The third kappa shape index (κ3) is 4.73. The minimum absolute atomic E-state index is 0.0326. The zero-order chi connectivity index (χ0) is 26.4. The number of alkyl halides is 1. The lowest BCUT2D eigenvalue weighted by Gasteiger charge is -2.29. The largest absolute Gasteiger partial charge is 0.337 e. The molecule has 0 bridgehead atoms. The molecule has 11 heteroatoms. The molecular formula is C26H26ClF2N7O. The molecule has 0 saturated carbocycles. The van der Waals surface area contributed by atoms with Crippen molar-refractivity contribution in [3.05, 3.63) is 59.2 Å². The molecule has 0 aliphatic carbocycles. The van der Waals surface area contributed by atoms with E-state index in [2.05, 4.69) is 25.3 Å². The molecule has 192 valence electrons. The summed E-state index contributed by atoms with van der Waals surface area (Å²) in [7, 11) is 0. The number of hydrogen-bond donors (Lipinski definition) is 1. The Hall–Kier alpha value is -3.66. The first-order valence-corrected chi connectivity index (χ1v) is 12.5. The molecule has 8 nitrogen and oxygen atoms in total. The Labute approximate surface area is 217 Å². The zero-order valence-electron chi connectivity index (χ0n) is 20.9. The molecular weight excluding hydrogens is 500 g/mol. The fourth-order valence-electron chi connectivity index (χ4n) is 4.73. The second kappa shape index (κ2) is 9.66. The Bertz CT molecular complexity index is 1520. The van der Waals surface area contributed by atoms with Crippen molar-refractivity contribution in [3.63, 3.8) is 0 Å². The van der Waals surface area contributed by atoms with Crippen LogP contribution in [0.25, 0.3) is 22.3 Å². The lowest BCUT2D eigenvalue weighted by atomic mass is 10.1. The average Bonchev–Trinajstić information content (AvgIpc) is 3.21. The molecule has 4 heterocycles. The van der Waals surface area contributed by atoms with Crippen molar-refractivity contribution < 1.29 is 13.6 Å². The monoisotopic (exact) mass is 525 g/mol. The summed E-state index contributed by atoms with van der Waals surface area (Å²) in [6.45, 7) is 8.39. The lowest BCUT2D eigenvalue weighted by molar-refractivity contribution is -0.131. The molecule has 1 atom stereocenters. The Morgan fingerprint density at radius 1 is 1.11 bits per heavy atom. The molecule has 0 fully saturated rings. The third-order valence-electron chi connectivity index (χ3n) is 6.40. The van der Waals surface area contributed by atoms with E-state index in [1.807, 2.05) is 31.4 Å². The fourth-order valence-corrected chi connectivity index (χ4v) is 4.87. The minimum atomic E-state index is -0.673. The predicted molar refractivity (Wildman–Crippen MR) is 138 cm³/mol. The van der Waals surface area contributed by atoms with Gasteiger partial charge in [0.15, 0.2) is 11.6 Å². The highest BCUT2D eigenvalue weighted by atomic mass is 35.5. The Morgan fingerprint density at radius 2 is 1.89 bits per heavy atom. The number of amides is 1. The number of anilines is 2. The van der Waals surface area contributed by atoms with E-state index in [4.69, 9.17) is 11.6 Å². The number of carbonyl (C=O) groups excluding carboxylic acids is 1. The van der Waals surface area contributed by atoms with Gasteiger partial charge in [0.25, 0.3) is 0 Å². The summed E-state index contributed by atoms with van der Waals surface area (Å²) in [6.07, 6.45) is 1.63. The van der Waals surface area contributed by atoms with Gasteiger partial charge in [-0.25, -0.2) is 28.7 Å². The first-order valence-electron chi connectivity index (χ1n) is 12.0. The molecule has 1 amide bonds. The molecule has 1 aliphatic heterocycles. The molecule has 0 saturated heterocycles. The lowest BCUT2D eigenvalue weighted by Crippen LogP contribution is -2.39. The maximum atomic E-state index is 15.0. The van der Waals surface area contributed by atoms with Crippen molar-refractivity contribution in [3.8, 4) is 11.3 Å². The number of pyridine rings is 1. The van der Waals surface area contributed by atoms with Crippen LogP contribution in [0, 0.1) is 18.6 Å². The number of nitrogens with one attached hydrogen (secondary N) is 1. The minimum Gasteiger partial charge on any atom is -0.337 e. The van der Waals surface area contributed by atoms with Crippen LogP contribution in [0.1, 0.15) is 43.9 Å². The maximum Gasteiger partial charge on any atom is 0.240 e. The number of benzene rings is 1. The number of aromatic nitrogens is 5. The van der Waals surface area contributed by atoms with Gasteiger partial charge in [-0.15, -0.1) is 11.6 Å². The van der Waals surface area contributed by atoms with Crippen molar-refractivity contribution in [2.45, 2.75) is 52.1 Å². The molecule has 3 aromatic heterocycles. The van der Waals surface area contributed by atoms with E-state index < -0.39 is 17.0 Å². The van der Waals surface area contributed by atoms with Gasteiger partial charge in [-0.1, -0.05) is 6.07 Å². The molecule has 1 N–H and O–H groups in total. The van der Waals surface area contributed by atoms with Crippen molar-refractivity contribution in [2.24, 2.45) is 0 Å². The van der Waals surface area contributed by atoms with Gasteiger partial charge in [0.2, 0.25) is 11.9 Å². The summed E-state index contributed by atoms with van der Waals surface area (Å²) in [4.78, 5) is 31.3. The summed E-state index contributed by atoms with van der Waals surface area (Å²) < 4.78 is 31.7. The molecule has 1 aromatic carbocycles. The van der Waals surface area contributed by atoms with E-state index in [-0.39, 0.29) is 34.7 Å². The second-order valence-electron chi connectivity index (χ2n) is 9.39. The second-order valence-corrected chi connectivity index (χ2v) is 10.0. The maximum absolute atomic E-state index is 15.0. The third-order valence-corrected chi connectivity index (χ3v) is 6.59. The number of hydrogen-bond acceptors (Lipinski definition) is 6. The quantitative estimate of drug-likeness (QED) is 0.355. The topological polar surface area (TPSA) is 88.8 Å². The van der Waals surface area contributed by atoms with Gasteiger partial charge in [-0.2, -0.15) is 0 Å². The van der Waals surface area contributed by atoms with Crippen LogP contribution in [0.4, 0.5) is 20.5 Å². The number of imidazole rings is 1. The normalized spacial score (nSPS) is 14.2. The summed E-state index contributed by atoms with van der Waals surface area (Å²) in [5.41, 5.74) is 2.85. The molecule has 37 heavy (non-hydrogen) atoms. The molecule has 5 rings (SSSR count). The van der Waals surface area contributed by atoms with Gasteiger partial charge in [-0.3, -0.25) is 4.79 Å². The number of nitrogens with zero attached hydrogens (tertiary/aromatic N) is 6. The first kappa shape index (κ1) is 25.0. The van der Waals surface area contributed by atoms with Crippen LogP contribution < -0.4 is 5.32 Å². The standard InChI is InChI=1S/C26H26ClF2N7O/c1-13(2)36-15(4)31-24-18(28)9-17(10-21(24)36)23-19(29)11-30-26(34-23)33-22-6-5-16-12-35(25(37)14(3)27)8-7-20(16)32-22/h5-6,9-11,13-14H,7-8,12H2,1-4H3,(H,30,32,33,34). The molecule has 1 aliphatic rings. The molecule has 0 radical (unpaired) electrons. The van der Waals surface area contributed by atoms with E-state index in [0.29, 0.717) is 36.7 Å². The number of carbonyl (C=O) groups is 1. The van der Waals surface area contributed by atoms with Gasteiger partial charge < -0.3 is 14.8 Å². The predicted octanol–water partition coefficient (Wildman–Crippen LogP) is 5.31. The fraction of sp³-hybridized carbons (Fsp3) is 0.346. The highest BCUT2D eigenvalue weighted by Crippen LogP contribution is 2.30. The van der Waals surface area contributed by atoms with E-state index in [9.17, 15) is 13.6 Å². The number of rotatable bonds is 5. The summed E-state index contributed by atoms with van der Waals surface area (Å²) in [5, 5.41) is 2.44. The van der Waals surface area contributed by atoms with E-state index in [1.54, 1.807) is 24.0 Å². The van der Waals surface area contributed by atoms with Crippen molar-refractivity contribution >= 4 is 40.3 Å². The smallest absolute Gasteiger partial charge is 0.240 e. The van der Waals surface area contributed by atoms with Crippen LogP contribution in [0.3, 0.4) is 0 Å². The summed E-state index contributed by atoms with van der Waals surface area (Å²) >= 11 is 5.95. The van der Waals surface area contributed by atoms with Crippen molar-refractivity contribution in [1.29, 1.82) is 0 Å². The Kier molecular flexibility index (Phi) is 6.53. The van der Waals surface area contributed by atoms with Gasteiger partial charge >= 0.3 is 0 Å². The number of aryl methyl sites for hydroxylation is 1. The van der Waals surface area contributed by atoms with Crippen LogP contribution in [0.5, 0.6) is 0 Å². The average molecular weight is 526 g/mol. The van der Waals surface area contributed by atoms with Crippen molar-refractivity contribution in [2.75, 3.05) is 11.9 Å². The summed E-state index contributed by atoms with van der Waals surface area (Å²) in [5.74, 6) is -0.0422. The molecule has 4 aromatic rings. The number of halogens is 3. The zero-order valence-corrected chi connectivity index (χ0v) is 21.6. The van der Waals surface area contributed by atoms with Gasteiger partial charge in [0.1, 0.15) is 28.2 Å². The molecule has 0 spiro atoms. The van der Waals surface area contributed by atoms with Gasteiger partial charge in [0.05, 0.1) is 11.7 Å². The molecule has 1 unspecified atom stereocenters. The SMILES string of the molecule is Cc1nc2c(F)cc(-c3nc(Nc4ccc5c(n4)CCN(C(=O)C(C)Cl)C5)ncc3F)cc2n1C(C)C. The van der Waals surface area contributed by atoms with Crippen molar-refractivity contribution in [1.82, 2.24) is 29.4 Å². The van der Waals surface area contributed by atoms with Crippen LogP contribution >= 0.6 is 11.6 Å². The van der Waals surface area contributed by atoms with E-state index in [0.717, 1.165) is 17.5 Å². The Morgan fingerprint density at radius 3 is 2.62 bits per heavy atom. The van der Waals surface area contributed by atoms with Gasteiger partial charge in [0, 0.05) is 36.8 Å². The summed E-state index contributed by atoms with van der Waals surface area (Å²) in [6, 6.07) is 6.61. The highest BCUT2D eigenvalue weighted by molar-refractivity contribution is 6.30. The van der Waals surface area contributed by atoms with Crippen LogP contribution in [0.2, 0.25) is 0 Å². The van der Waals surface area contributed by atoms with Gasteiger partial charge in [-0.05, 0) is 51.5 Å². The van der Waals surface area contributed by atoms with Crippen LogP contribution in [-0.2, 0) is 17.8 Å². The van der Waals surface area contributed by atoms with E-state index >= 15 is 0 Å². The van der Waals surface area contributed by atoms with Crippen LogP contribution in [-0.4, -0.2) is 47.2 Å². The first-order chi connectivity index (χ1) is 17.6. The highest BCUT2D eigenvalue weighted by Gasteiger charge is 2.25.